The molecule has 4 aromatic rings. The molecule has 1 aromatic carbocycles. The SMILES string of the molecule is CCc1ccc(-c2noc(CSc3nnc(-c4cccnc4)o3)n2)cc1. The lowest BCUT2D eigenvalue weighted by Crippen LogP contribution is -1.84. The van der Waals surface area contributed by atoms with Gasteiger partial charge in [-0.1, -0.05) is 48.1 Å². The molecule has 3 heterocycles. The first-order chi connectivity index (χ1) is 12.8. The van der Waals surface area contributed by atoms with E-state index < -0.39 is 0 Å². The molecule has 0 unspecified atom stereocenters. The molecule has 0 fully saturated rings. The van der Waals surface area contributed by atoms with Gasteiger partial charge in [0.15, 0.2) is 0 Å². The Kier molecular flexibility index (Phi) is 4.74. The second-order valence-electron chi connectivity index (χ2n) is 5.47. The Balaban J connectivity index is 1.41. The number of aryl methyl sites for hydroxylation is 1. The lowest BCUT2D eigenvalue weighted by atomic mass is 10.1. The van der Waals surface area contributed by atoms with E-state index in [0.717, 1.165) is 17.5 Å². The highest BCUT2D eigenvalue weighted by atomic mass is 32.2. The van der Waals surface area contributed by atoms with Crippen molar-refractivity contribution in [1.29, 1.82) is 0 Å². The molecule has 0 spiro atoms. The fourth-order valence-electron chi connectivity index (χ4n) is 2.32. The zero-order chi connectivity index (χ0) is 17.8. The van der Waals surface area contributed by atoms with Gasteiger partial charge in [0.05, 0.1) is 11.3 Å². The number of aromatic nitrogens is 5. The number of benzene rings is 1. The van der Waals surface area contributed by atoms with Crippen LogP contribution in [0.4, 0.5) is 0 Å². The summed E-state index contributed by atoms with van der Waals surface area (Å²) >= 11 is 1.35. The zero-order valence-corrected chi connectivity index (χ0v) is 14.8. The molecule has 26 heavy (non-hydrogen) atoms. The van der Waals surface area contributed by atoms with E-state index >= 15 is 0 Å². The van der Waals surface area contributed by atoms with Gasteiger partial charge >= 0.3 is 0 Å². The monoisotopic (exact) mass is 365 g/mol. The summed E-state index contributed by atoms with van der Waals surface area (Å²) in [5.41, 5.74) is 2.98. The molecule has 8 heteroatoms. The molecule has 7 nitrogen and oxygen atoms in total. The minimum absolute atomic E-state index is 0.433. The van der Waals surface area contributed by atoms with Crippen LogP contribution in [0, 0.1) is 0 Å². The van der Waals surface area contributed by atoms with Crippen LogP contribution in [0.25, 0.3) is 22.8 Å². The maximum atomic E-state index is 5.62. The van der Waals surface area contributed by atoms with Crippen LogP contribution in [0.3, 0.4) is 0 Å². The third kappa shape index (κ3) is 3.65. The molecule has 0 aliphatic rings. The maximum absolute atomic E-state index is 5.62. The summed E-state index contributed by atoms with van der Waals surface area (Å²) in [7, 11) is 0. The molecular formula is C18H15N5O2S. The van der Waals surface area contributed by atoms with Crippen molar-refractivity contribution >= 4 is 11.8 Å². The van der Waals surface area contributed by atoms with Crippen LogP contribution in [-0.4, -0.2) is 25.3 Å². The first kappa shape index (κ1) is 16.5. The standard InChI is InChI=1S/C18H15N5O2S/c1-2-12-5-7-13(8-6-12)16-20-15(25-23-16)11-26-18-22-21-17(24-18)14-4-3-9-19-10-14/h3-10H,2,11H2,1H3. The van der Waals surface area contributed by atoms with Crippen LogP contribution in [0.15, 0.2) is 63.0 Å². The van der Waals surface area contributed by atoms with E-state index in [2.05, 4.69) is 44.4 Å². The lowest BCUT2D eigenvalue weighted by molar-refractivity contribution is 0.391. The number of nitrogens with zero attached hydrogens (tertiary/aromatic N) is 5. The maximum Gasteiger partial charge on any atom is 0.277 e. The smallest absolute Gasteiger partial charge is 0.277 e. The number of hydrogen-bond donors (Lipinski definition) is 0. The van der Waals surface area contributed by atoms with E-state index in [-0.39, 0.29) is 0 Å². The molecule has 0 bridgehead atoms. The van der Waals surface area contributed by atoms with E-state index in [9.17, 15) is 0 Å². The van der Waals surface area contributed by atoms with Gasteiger partial charge in [-0.25, -0.2) is 0 Å². The first-order valence-corrected chi connectivity index (χ1v) is 9.09. The predicted molar refractivity (Wildman–Crippen MR) is 96.2 cm³/mol. The summed E-state index contributed by atoms with van der Waals surface area (Å²) in [6, 6.07) is 11.8. The van der Waals surface area contributed by atoms with E-state index in [4.69, 9.17) is 8.94 Å². The van der Waals surface area contributed by atoms with E-state index in [1.165, 1.54) is 17.3 Å². The topological polar surface area (TPSA) is 90.7 Å². The highest BCUT2D eigenvalue weighted by Gasteiger charge is 2.13. The van der Waals surface area contributed by atoms with Gasteiger partial charge in [-0.15, -0.1) is 10.2 Å². The van der Waals surface area contributed by atoms with Crippen molar-refractivity contribution in [3.8, 4) is 22.8 Å². The molecule has 0 saturated carbocycles. The Hall–Kier alpha value is -3.00. The summed E-state index contributed by atoms with van der Waals surface area (Å²) in [5, 5.41) is 12.5. The molecule has 0 radical (unpaired) electrons. The summed E-state index contributed by atoms with van der Waals surface area (Å²) in [6.45, 7) is 2.12. The molecule has 0 aliphatic heterocycles. The van der Waals surface area contributed by atoms with Gasteiger partial charge in [-0.2, -0.15) is 4.98 Å². The minimum atomic E-state index is 0.433. The minimum Gasteiger partial charge on any atom is -0.411 e. The van der Waals surface area contributed by atoms with Gasteiger partial charge in [0.25, 0.3) is 5.22 Å². The molecule has 0 aliphatic carbocycles. The van der Waals surface area contributed by atoms with Crippen molar-refractivity contribution in [1.82, 2.24) is 25.3 Å². The third-order valence-electron chi connectivity index (χ3n) is 3.72. The van der Waals surface area contributed by atoms with Crippen LogP contribution < -0.4 is 0 Å². The second kappa shape index (κ2) is 7.49. The summed E-state index contributed by atoms with van der Waals surface area (Å²) < 4.78 is 10.9. The first-order valence-electron chi connectivity index (χ1n) is 8.10. The predicted octanol–water partition coefficient (Wildman–Crippen LogP) is 4.04. The summed E-state index contributed by atoms with van der Waals surface area (Å²) in [5.74, 6) is 1.97. The van der Waals surface area contributed by atoms with Crippen LogP contribution in [-0.2, 0) is 12.2 Å². The van der Waals surface area contributed by atoms with Crippen molar-refractivity contribution < 1.29 is 8.94 Å². The van der Waals surface area contributed by atoms with Crippen LogP contribution in [0.1, 0.15) is 18.4 Å². The normalized spacial score (nSPS) is 11.0. The fraction of sp³-hybridized carbons (Fsp3) is 0.167. The number of rotatable bonds is 6. The second-order valence-corrected chi connectivity index (χ2v) is 6.39. The molecule has 3 aromatic heterocycles. The van der Waals surface area contributed by atoms with Gasteiger partial charge in [0, 0.05) is 18.0 Å². The van der Waals surface area contributed by atoms with E-state index in [0.29, 0.717) is 28.6 Å². The third-order valence-corrected chi connectivity index (χ3v) is 4.53. The van der Waals surface area contributed by atoms with Crippen molar-refractivity contribution in [2.24, 2.45) is 0 Å². The average molecular weight is 365 g/mol. The molecule has 0 saturated heterocycles. The quantitative estimate of drug-likeness (QED) is 0.473. The zero-order valence-electron chi connectivity index (χ0n) is 14.0. The number of pyridine rings is 1. The molecule has 0 atom stereocenters. The molecule has 0 amide bonds. The Morgan fingerprint density at radius 3 is 2.69 bits per heavy atom. The Bertz CT molecular complexity index is 982. The van der Waals surface area contributed by atoms with Crippen molar-refractivity contribution in [2.45, 2.75) is 24.3 Å². The molecule has 0 N–H and O–H groups in total. The Morgan fingerprint density at radius 2 is 1.92 bits per heavy atom. The Labute approximate surface area is 153 Å². The largest absolute Gasteiger partial charge is 0.411 e. The average Bonchev–Trinajstić information content (AvgIpc) is 3.37. The van der Waals surface area contributed by atoms with Gasteiger partial charge in [-0.05, 0) is 24.1 Å². The van der Waals surface area contributed by atoms with Gasteiger partial charge in [0.2, 0.25) is 17.6 Å². The molecular weight excluding hydrogens is 350 g/mol. The van der Waals surface area contributed by atoms with Gasteiger partial charge in [-0.3, -0.25) is 4.98 Å². The summed E-state index contributed by atoms with van der Waals surface area (Å²) in [6.07, 6.45) is 4.37. The van der Waals surface area contributed by atoms with Crippen molar-refractivity contribution in [2.75, 3.05) is 0 Å². The van der Waals surface area contributed by atoms with E-state index in [1.807, 2.05) is 24.3 Å². The van der Waals surface area contributed by atoms with Gasteiger partial charge in [0.1, 0.15) is 0 Å². The lowest BCUT2D eigenvalue weighted by Gasteiger charge is -1.97. The van der Waals surface area contributed by atoms with Gasteiger partial charge < -0.3 is 8.94 Å². The molecule has 130 valence electrons. The highest BCUT2D eigenvalue weighted by Crippen LogP contribution is 2.25. The summed E-state index contributed by atoms with van der Waals surface area (Å²) in [4.78, 5) is 8.46. The Morgan fingerprint density at radius 1 is 1.04 bits per heavy atom. The van der Waals surface area contributed by atoms with E-state index in [1.54, 1.807) is 12.4 Å². The number of hydrogen-bond acceptors (Lipinski definition) is 8. The molecule has 4 rings (SSSR count). The van der Waals surface area contributed by atoms with Crippen molar-refractivity contribution in [3.63, 3.8) is 0 Å². The van der Waals surface area contributed by atoms with Crippen molar-refractivity contribution in [3.05, 3.63) is 60.2 Å². The van der Waals surface area contributed by atoms with Crippen LogP contribution in [0.5, 0.6) is 0 Å². The fourth-order valence-corrected chi connectivity index (χ4v) is 2.92. The van der Waals surface area contributed by atoms with Crippen LogP contribution in [0.2, 0.25) is 0 Å². The number of thioether (sulfide) groups is 1. The van der Waals surface area contributed by atoms with Crippen LogP contribution >= 0.6 is 11.8 Å². The highest BCUT2D eigenvalue weighted by molar-refractivity contribution is 7.98.